The first-order valence-corrected chi connectivity index (χ1v) is 6.26. The van der Waals surface area contributed by atoms with Gasteiger partial charge in [0.1, 0.15) is 4.21 Å². The topological polar surface area (TPSA) is 60.2 Å². The highest BCUT2D eigenvalue weighted by atomic mass is 32.2. The molecule has 0 aliphatic rings. The van der Waals surface area contributed by atoms with Crippen molar-refractivity contribution < 1.29 is 8.42 Å². The first kappa shape index (κ1) is 10.7. The minimum Gasteiger partial charge on any atom is -0.224 e. The zero-order valence-corrected chi connectivity index (χ0v) is 9.50. The molecule has 0 amide bonds. The van der Waals surface area contributed by atoms with Crippen molar-refractivity contribution in [1.29, 1.82) is 0 Å². The van der Waals surface area contributed by atoms with Crippen LogP contribution in [0.2, 0.25) is 0 Å². The lowest BCUT2D eigenvalue weighted by atomic mass is 9.89. The molecule has 1 heterocycles. The minimum atomic E-state index is -3.55. The number of sulfonamides is 1. The molecule has 74 valence electrons. The van der Waals surface area contributed by atoms with E-state index in [4.69, 9.17) is 5.14 Å². The van der Waals surface area contributed by atoms with Crippen LogP contribution in [-0.2, 0) is 15.4 Å². The summed E-state index contributed by atoms with van der Waals surface area (Å²) in [4.78, 5) is 0. The molecule has 1 rings (SSSR count). The third kappa shape index (κ3) is 2.30. The van der Waals surface area contributed by atoms with E-state index in [1.54, 1.807) is 5.38 Å². The number of hydrogen-bond donors (Lipinski definition) is 1. The van der Waals surface area contributed by atoms with Gasteiger partial charge in [0, 0.05) is 0 Å². The van der Waals surface area contributed by atoms with Gasteiger partial charge in [-0.15, -0.1) is 11.3 Å². The fourth-order valence-electron chi connectivity index (χ4n) is 1.07. The van der Waals surface area contributed by atoms with Gasteiger partial charge in [-0.05, 0) is 22.4 Å². The van der Waals surface area contributed by atoms with Crippen LogP contribution in [0.5, 0.6) is 0 Å². The van der Waals surface area contributed by atoms with E-state index in [9.17, 15) is 8.42 Å². The predicted molar refractivity (Wildman–Crippen MR) is 54.4 cm³/mol. The van der Waals surface area contributed by atoms with Gasteiger partial charge in [-0.1, -0.05) is 20.8 Å². The summed E-state index contributed by atoms with van der Waals surface area (Å²) in [7, 11) is -3.55. The second-order valence-electron chi connectivity index (χ2n) is 3.92. The number of rotatable bonds is 1. The largest absolute Gasteiger partial charge is 0.247 e. The highest BCUT2D eigenvalue weighted by Gasteiger charge is 2.24. The van der Waals surface area contributed by atoms with Crippen LogP contribution in [0, 0.1) is 0 Å². The summed E-state index contributed by atoms with van der Waals surface area (Å²) in [5.41, 5.74) is 0.613. The van der Waals surface area contributed by atoms with Gasteiger partial charge in [0.15, 0.2) is 0 Å². The Morgan fingerprint density at radius 2 is 1.92 bits per heavy atom. The Morgan fingerprint density at radius 3 is 2.23 bits per heavy atom. The quantitative estimate of drug-likeness (QED) is 0.781. The molecule has 0 bridgehead atoms. The predicted octanol–water partition coefficient (Wildman–Crippen LogP) is 1.69. The fourth-order valence-corrected chi connectivity index (χ4v) is 3.28. The number of thiophene rings is 1. The smallest absolute Gasteiger partial charge is 0.224 e. The van der Waals surface area contributed by atoms with Gasteiger partial charge in [0.2, 0.25) is 10.0 Å². The zero-order valence-electron chi connectivity index (χ0n) is 7.87. The lowest BCUT2D eigenvalue weighted by Gasteiger charge is -2.18. The molecule has 0 unspecified atom stereocenters. The van der Waals surface area contributed by atoms with Crippen molar-refractivity contribution in [1.82, 2.24) is 0 Å². The van der Waals surface area contributed by atoms with Crippen molar-refractivity contribution in [2.75, 3.05) is 0 Å². The Kier molecular flexibility index (Phi) is 2.53. The summed E-state index contributed by atoms with van der Waals surface area (Å²) in [6.07, 6.45) is 0. The first-order valence-electron chi connectivity index (χ1n) is 3.83. The van der Waals surface area contributed by atoms with Crippen molar-refractivity contribution >= 4 is 21.4 Å². The van der Waals surface area contributed by atoms with Crippen molar-refractivity contribution in [2.24, 2.45) is 5.14 Å². The number of primary sulfonamides is 1. The van der Waals surface area contributed by atoms with Crippen molar-refractivity contribution in [3.63, 3.8) is 0 Å². The van der Waals surface area contributed by atoms with Crippen molar-refractivity contribution in [2.45, 2.75) is 30.4 Å². The fraction of sp³-hybridized carbons (Fsp3) is 0.500. The molecule has 0 atom stereocenters. The molecule has 3 nitrogen and oxygen atoms in total. The molecule has 0 aliphatic carbocycles. The van der Waals surface area contributed by atoms with Crippen LogP contribution in [0.3, 0.4) is 0 Å². The molecule has 0 saturated heterocycles. The summed E-state index contributed by atoms with van der Waals surface area (Å²) >= 11 is 1.17. The summed E-state index contributed by atoms with van der Waals surface area (Å²) in [5.74, 6) is 0. The molecular formula is C8H13NO2S2. The summed E-state index contributed by atoms with van der Waals surface area (Å²) in [6.45, 7) is 5.89. The van der Waals surface area contributed by atoms with Crippen LogP contribution in [0.25, 0.3) is 0 Å². The molecule has 0 spiro atoms. The van der Waals surface area contributed by atoms with E-state index in [0.29, 0.717) is 0 Å². The Labute approximate surface area is 82.6 Å². The molecule has 13 heavy (non-hydrogen) atoms. The Balaban J connectivity index is 3.35. The second kappa shape index (κ2) is 3.08. The molecule has 1 aromatic heterocycles. The molecule has 1 aromatic rings. The van der Waals surface area contributed by atoms with Crippen molar-refractivity contribution in [3.05, 3.63) is 17.0 Å². The number of nitrogens with two attached hydrogens (primary N) is 1. The lowest BCUT2D eigenvalue weighted by molar-refractivity contribution is 0.568. The highest BCUT2D eigenvalue weighted by Crippen LogP contribution is 2.31. The minimum absolute atomic E-state index is 0.179. The van der Waals surface area contributed by atoms with Gasteiger partial charge in [-0.25, -0.2) is 13.6 Å². The summed E-state index contributed by atoms with van der Waals surface area (Å²) in [6, 6.07) is 1.81. The molecular weight excluding hydrogens is 206 g/mol. The summed E-state index contributed by atoms with van der Waals surface area (Å²) < 4.78 is 22.6. The molecule has 0 fully saturated rings. The normalized spacial score (nSPS) is 13.2. The van der Waals surface area contributed by atoms with E-state index in [2.05, 4.69) is 0 Å². The van der Waals surface area contributed by atoms with E-state index in [1.165, 1.54) is 11.3 Å². The van der Waals surface area contributed by atoms with Gasteiger partial charge >= 0.3 is 0 Å². The van der Waals surface area contributed by atoms with E-state index in [1.807, 2.05) is 26.8 Å². The Morgan fingerprint density at radius 1 is 1.38 bits per heavy atom. The van der Waals surface area contributed by atoms with Crippen LogP contribution in [0.15, 0.2) is 15.7 Å². The summed E-state index contributed by atoms with van der Waals surface area (Å²) in [5, 5.41) is 6.83. The Hall–Kier alpha value is -0.390. The van der Waals surface area contributed by atoms with Crippen LogP contribution < -0.4 is 5.14 Å². The molecule has 2 N–H and O–H groups in total. The van der Waals surface area contributed by atoms with Gasteiger partial charge < -0.3 is 0 Å². The van der Waals surface area contributed by atoms with Crippen molar-refractivity contribution in [3.8, 4) is 0 Å². The molecule has 5 heteroatoms. The average molecular weight is 219 g/mol. The zero-order chi connectivity index (χ0) is 10.3. The second-order valence-corrected chi connectivity index (χ2v) is 6.59. The molecule has 0 aliphatic heterocycles. The van der Waals surface area contributed by atoms with E-state index >= 15 is 0 Å². The van der Waals surface area contributed by atoms with Crippen LogP contribution in [0.1, 0.15) is 26.3 Å². The Bertz CT molecular complexity index is 398. The van der Waals surface area contributed by atoms with Gasteiger partial charge in [-0.2, -0.15) is 0 Å². The molecule has 0 radical (unpaired) electrons. The maximum absolute atomic E-state index is 11.1. The third-order valence-corrected chi connectivity index (χ3v) is 4.12. The maximum Gasteiger partial charge on any atom is 0.247 e. The maximum atomic E-state index is 11.1. The lowest BCUT2D eigenvalue weighted by Crippen LogP contribution is -2.18. The van der Waals surface area contributed by atoms with Crippen LogP contribution >= 0.6 is 11.3 Å². The monoisotopic (exact) mass is 219 g/mol. The molecule has 0 aromatic carbocycles. The standard InChI is InChI=1S/C8H13NO2S2/c1-8(2,3)6-4-5-12-7(6)13(9,10)11/h4-5H,1-3H3,(H2,9,10,11). The van der Waals surface area contributed by atoms with E-state index in [0.717, 1.165) is 5.56 Å². The van der Waals surface area contributed by atoms with Gasteiger partial charge in [-0.3, -0.25) is 0 Å². The first-order chi connectivity index (χ1) is 5.73. The van der Waals surface area contributed by atoms with E-state index < -0.39 is 10.0 Å². The van der Waals surface area contributed by atoms with Crippen LogP contribution in [-0.4, -0.2) is 8.42 Å². The molecule has 0 saturated carbocycles. The SMILES string of the molecule is CC(C)(C)c1ccsc1S(N)(=O)=O. The highest BCUT2D eigenvalue weighted by molar-refractivity contribution is 7.91. The third-order valence-electron chi connectivity index (χ3n) is 1.70. The average Bonchev–Trinajstić information content (AvgIpc) is 2.27. The van der Waals surface area contributed by atoms with Crippen LogP contribution in [0.4, 0.5) is 0 Å². The van der Waals surface area contributed by atoms with Gasteiger partial charge in [0.25, 0.3) is 0 Å². The number of hydrogen-bond acceptors (Lipinski definition) is 3. The van der Waals surface area contributed by atoms with Gasteiger partial charge in [0.05, 0.1) is 0 Å². The van der Waals surface area contributed by atoms with E-state index in [-0.39, 0.29) is 9.62 Å².